The van der Waals surface area contributed by atoms with Gasteiger partial charge in [-0.05, 0) is 36.8 Å². The Kier molecular flexibility index (Phi) is 4.71. The Hall–Kier alpha value is -1.98. The van der Waals surface area contributed by atoms with E-state index in [1.54, 1.807) is 24.2 Å². The Bertz CT molecular complexity index is 778. The van der Waals surface area contributed by atoms with Crippen LogP contribution in [0.2, 0.25) is 0 Å². The topological polar surface area (TPSA) is 29.0 Å². The van der Waals surface area contributed by atoms with Gasteiger partial charge in [-0.15, -0.1) is 0 Å². The summed E-state index contributed by atoms with van der Waals surface area (Å²) in [6.07, 6.45) is 4.67. The fraction of sp³-hybridized carbons (Fsp3) is 0.158. The van der Waals surface area contributed by atoms with Gasteiger partial charge in [-0.2, -0.15) is 0 Å². The smallest absolute Gasteiger partial charge is 0.187 e. The molecule has 0 atom stereocenters. The molecule has 2 aromatic carbocycles. The summed E-state index contributed by atoms with van der Waals surface area (Å²) in [6.45, 7) is 0.994. The highest BCUT2D eigenvalue weighted by Crippen LogP contribution is 2.47. The molecule has 3 nitrogen and oxygen atoms in total. The molecular weight excluding hydrogens is 334 g/mol. The highest BCUT2D eigenvalue weighted by Gasteiger charge is 2.22. The molecule has 3 aromatic rings. The van der Waals surface area contributed by atoms with E-state index in [4.69, 9.17) is 0 Å². The molecule has 0 bridgehead atoms. The van der Waals surface area contributed by atoms with Crippen molar-refractivity contribution in [1.82, 2.24) is 9.97 Å². The van der Waals surface area contributed by atoms with Gasteiger partial charge in [-0.3, -0.25) is 0 Å². The maximum absolute atomic E-state index is 4.27. The Morgan fingerprint density at radius 3 is 2.12 bits per heavy atom. The summed E-state index contributed by atoms with van der Waals surface area (Å²) in [7, 11) is 0. The second kappa shape index (κ2) is 7.28. The lowest BCUT2D eigenvalue weighted by Gasteiger charge is -2.32. The molecule has 1 aliphatic heterocycles. The number of nitrogens with zero attached hydrogens (tertiary/aromatic N) is 3. The fourth-order valence-corrected chi connectivity index (χ4v) is 4.59. The van der Waals surface area contributed by atoms with Crippen molar-refractivity contribution in [3.05, 3.63) is 67.0 Å². The minimum absolute atomic E-state index is 0.854. The van der Waals surface area contributed by atoms with Crippen LogP contribution in [0, 0.1) is 0 Å². The van der Waals surface area contributed by atoms with E-state index in [-0.39, 0.29) is 0 Å². The van der Waals surface area contributed by atoms with Gasteiger partial charge in [0.25, 0.3) is 0 Å². The minimum atomic E-state index is 0.854. The molecule has 1 aromatic heterocycles. The van der Waals surface area contributed by atoms with Crippen LogP contribution in [0.3, 0.4) is 0 Å². The van der Waals surface area contributed by atoms with Gasteiger partial charge in [0.05, 0.1) is 11.4 Å². The normalized spacial score (nSPS) is 12.6. The molecule has 1 aliphatic rings. The van der Waals surface area contributed by atoms with Crippen LogP contribution < -0.4 is 4.90 Å². The van der Waals surface area contributed by atoms with Gasteiger partial charge in [-0.1, -0.05) is 47.8 Å². The predicted molar refractivity (Wildman–Crippen MR) is 101 cm³/mol. The molecule has 0 unspecified atom stereocenters. The minimum Gasteiger partial charge on any atom is -0.340 e. The molecule has 0 aliphatic carbocycles. The van der Waals surface area contributed by atoms with E-state index < -0.39 is 0 Å². The Morgan fingerprint density at radius 2 is 1.46 bits per heavy atom. The zero-order valence-corrected chi connectivity index (χ0v) is 14.8. The van der Waals surface area contributed by atoms with Gasteiger partial charge in [-0.25, -0.2) is 9.97 Å². The molecule has 0 spiro atoms. The molecule has 120 valence electrons. The highest BCUT2D eigenvalue weighted by atomic mass is 32.2. The Labute approximate surface area is 150 Å². The molecule has 0 N–H and O–H groups in total. The van der Waals surface area contributed by atoms with E-state index in [9.17, 15) is 0 Å². The van der Waals surface area contributed by atoms with E-state index >= 15 is 0 Å². The second-order valence-corrected chi connectivity index (χ2v) is 7.57. The van der Waals surface area contributed by atoms with Gasteiger partial charge >= 0.3 is 0 Å². The number of hydrogen-bond donors (Lipinski definition) is 0. The average Bonchev–Trinajstić information content (AvgIpc) is 2.65. The number of anilines is 2. The first-order chi connectivity index (χ1) is 11.9. The van der Waals surface area contributed by atoms with Gasteiger partial charge in [0.15, 0.2) is 5.16 Å². The van der Waals surface area contributed by atoms with E-state index in [1.807, 2.05) is 17.8 Å². The van der Waals surface area contributed by atoms with Crippen molar-refractivity contribution < 1.29 is 0 Å². The van der Waals surface area contributed by atoms with E-state index in [2.05, 4.69) is 63.4 Å². The number of fused-ring (bicyclic) bond motifs is 2. The molecule has 0 fully saturated rings. The largest absolute Gasteiger partial charge is 0.340 e. The molecule has 0 radical (unpaired) electrons. The summed E-state index contributed by atoms with van der Waals surface area (Å²) >= 11 is 3.57. The van der Waals surface area contributed by atoms with Crippen LogP contribution in [0.15, 0.2) is 81.9 Å². The maximum Gasteiger partial charge on any atom is 0.187 e. The highest BCUT2D eigenvalue weighted by molar-refractivity contribution is 7.99. The Morgan fingerprint density at radius 1 is 0.833 bits per heavy atom. The SMILES string of the molecule is c1cnc(SCCCN2c3ccccc3Sc3ccccc32)nc1. The lowest BCUT2D eigenvalue weighted by atomic mass is 10.2. The van der Waals surface area contributed by atoms with Crippen LogP contribution >= 0.6 is 23.5 Å². The number of rotatable bonds is 5. The number of hydrogen-bond acceptors (Lipinski definition) is 5. The van der Waals surface area contributed by atoms with Crippen LogP contribution in [0.1, 0.15) is 6.42 Å². The predicted octanol–water partition coefficient (Wildman–Crippen LogP) is 5.26. The molecule has 2 heterocycles. The molecule has 0 amide bonds. The van der Waals surface area contributed by atoms with E-state index in [1.165, 1.54) is 21.2 Å². The monoisotopic (exact) mass is 351 g/mol. The summed E-state index contributed by atoms with van der Waals surface area (Å²) in [6, 6.07) is 19.1. The van der Waals surface area contributed by atoms with Crippen molar-refractivity contribution in [2.45, 2.75) is 21.4 Å². The average molecular weight is 352 g/mol. The molecule has 0 saturated heterocycles. The fourth-order valence-electron chi connectivity index (χ4n) is 2.77. The third-order valence-corrected chi connectivity index (χ3v) is 5.92. The third kappa shape index (κ3) is 3.28. The summed E-state index contributed by atoms with van der Waals surface area (Å²) in [5.41, 5.74) is 2.62. The quantitative estimate of drug-likeness (QED) is 0.355. The van der Waals surface area contributed by atoms with Crippen molar-refractivity contribution in [2.75, 3.05) is 17.2 Å². The van der Waals surface area contributed by atoms with Crippen LogP contribution in [0.5, 0.6) is 0 Å². The number of thioether (sulfide) groups is 1. The summed E-state index contributed by atoms with van der Waals surface area (Å²) in [5, 5.41) is 0.854. The van der Waals surface area contributed by atoms with Crippen LogP contribution in [-0.4, -0.2) is 22.3 Å². The van der Waals surface area contributed by atoms with Gasteiger partial charge in [0.2, 0.25) is 0 Å². The van der Waals surface area contributed by atoms with Gasteiger partial charge < -0.3 is 4.90 Å². The molecular formula is C19H17N3S2. The Balaban J connectivity index is 1.48. The summed E-state index contributed by atoms with van der Waals surface area (Å²) < 4.78 is 0. The van der Waals surface area contributed by atoms with Crippen molar-refractivity contribution in [3.63, 3.8) is 0 Å². The van der Waals surface area contributed by atoms with Crippen LogP contribution in [-0.2, 0) is 0 Å². The molecule has 24 heavy (non-hydrogen) atoms. The number of aromatic nitrogens is 2. The third-order valence-electron chi connectivity index (χ3n) is 3.83. The summed E-state index contributed by atoms with van der Waals surface area (Å²) in [4.78, 5) is 13.6. The van der Waals surface area contributed by atoms with Crippen molar-refractivity contribution in [3.8, 4) is 0 Å². The van der Waals surface area contributed by atoms with E-state index in [0.717, 1.165) is 23.9 Å². The first-order valence-corrected chi connectivity index (χ1v) is 9.75. The zero-order chi connectivity index (χ0) is 16.2. The van der Waals surface area contributed by atoms with Crippen molar-refractivity contribution >= 4 is 34.9 Å². The van der Waals surface area contributed by atoms with Gasteiger partial charge in [0, 0.05) is 34.5 Å². The number of benzene rings is 2. The summed E-state index contributed by atoms with van der Waals surface area (Å²) in [5.74, 6) is 1.01. The molecule has 4 rings (SSSR count). The molecule has 5 heteroatoms. The first-order valence-electron chi connectivity index (χ1n) is 7.95. The van der Waals surface area contributed by atoms with Crippen molar-refractivity contribution in [2.24, 2.45) is 0 Å². The second-order valence-electron chi connectivity index (χ2n) is 5.42. The van der Waals surface area contributed by atoms with Crippen molar-refractivity contribution in [1.29, 1.82) is 0 Å². The van der Waals surface area contributed by atoms with E-state index in [0.29, 0.717) is 0 Å². The zero-order valence-electron chi connectivity index (χ0n) is 13.1. The first kappa shape index (κ1) is 15.5. The lowest BCUT2D eigenvalue weighted by molar-refractivity contribution is 0.869. The van der Waals surface area contributed by atoms with Crippen LogP contribution in [0.25, 0.3) is 0 Å². The standard InChI is InChI=1S/C19H17N3S2/c1-3-9-17-15(7-1)22(16-8-2-4-10-18(16)24-17)13-6-14-23-19-20-11-5-12-21-19/h1-5,7-12H,6,13-14H2. The number of para-hydroxylation sites is 2. The molecule has 0 saturated carbocycles. The van der Waals surface area contributed by atoms with Crippen LogP contribution in [0.4, 0.5) is 11.4 Å². The van der Waals surface area contributed by atoms with Gasteiger partial charge in [0.1, 0.15) is 0 Å². The lowest BCUT2D eigenvalue weighted by Crippen LogP contribution is -2.22. The maximum atomic E-state index is 4.27.